The van der Waals surface area contributed by atoms with Crippen LogP contribution in [0.2, 0.25) is 0 Å². The van der Waals surface area contributed by atoms with Crippen molar-refractivity contribution >= 4 is 11.6 Å². The van der Waals surface area contributed by atoms with Gasteiger partial charge in [0.05, 0.1) is 6.54 Å². The SMILES string of the molecule is C=CCN(CC=C)C(=O)CNc1ccccc1Cc1ccccc1. The smallest absolute Gasteiger partial charge is 0.242 e. The lowest BCUT2D eigenvalue weighted by Crippen LogP contribution is -2.35. The van der Waals surface area contributed by atoms with E-state index in [1.165, 1.54) is 11.1 Å². The Hall–Kier alpha value is -2.81. The van der Waals surface area contributed by atoms with Crippen molar-refractivity contribution in [1.29, 1.82) is 0 Å². The van der Waals surface area contributed by atoms with Crippen LogP contribution in [0.5, 0.6) is 0 Å². The molecule has 24 heavy (non-hydrogen) atoms. The Bertz CT molecular complexity index is 669. The number of carbonyl (C=O) groups excluding carboxylic acids is 1. The highest BCUT2D eigenvalue weighted by atomic mass is 16.2. The predicted octanol–water partition coefficient (Wildman–Crippen LogP) is 3.89. The molecule has 1 N–H and O–H groups in total. The van der Waals surface area contributed by atoms with Gasteiger partial charge < -0.3 is 10.2 Å². The van der Waals surface area contributed by atoms with E-state index >= 15 is 0 Å². The molecule has 2 aromatic carbocycles. The molecule has 0 bridgehead atoms. The lowest BCUT2D eigenvalue weighted by Gasteiger charge is -2.20. The molecule has 0 aromatic heterocycles. The molecule has 0 fully saturated rings. The monoisotopic (exact) mass is 320 g/mol. The number of rotatable bonds is 9. The quantitative estimate of drug-likeness (QED) is 0.711. The van der Waals surface area contributed by atoms with Crippen LogP contribution in [0.3, 0.4) is 0 Å². The van der Waals surface area contributed by atoms with Crippen molar-refractivity contribution in [1.82, 2.24) is 4.90 Å². The fraction of sp³-hybridized carbons (Fsp3) is 0.190. The summed E-state index contributed by atoms with van der Waals surface area (Å²) in [7, 11) is 0. The standard InChI is InChI=1S/C21H24N2O/c1-3-14-23(15-4-2)21(24)17-22-20-13-9-8-12-19(20)16-18-10-6-5-7-11-18/h3-13,22H,1-2,14-17H2. The van der Waals surface area contributed by atoms with Gasteiger partial charge in [-0.3, -0.25) is 4.79 Å². The fourth-order valence-electron chi connectivity index (χ4n) is 2.54. The zero-order valence-electron chi connectivity index (χ0n) is 13.9. The third-order valence-corrected chi connectivity index (χ3v) is 3.74. The molecule has 1 amide bonds. The van der Waals surface area contributed by atoms with Crippen LogP contribution in [-0.2, 0) is 11.2 Å². The van der Waals surface area contributed by atoms with Crippen LogP contribution in [0.4, 0.5) is 5.69 Å². The van der Waals surface area contributed by atoms with E-state index in [1.54, 1.807) is 17.1 Å². The first-order valence-electron chi connectivity index (χ1n) is 8.10. The van der Waals surface area contributed by atoms with Crippen molar-refractivity contribution < 1.29 is 4.79 Å². The molecule has 0 saturated heterocycles. The Balaban J connectivity index is 2.03. The van der Waals surface area contributed by atoms with Crippen molar-refractivity contribution in [2.24, 2.45) is 0 Å². The van der Waals surface area contributed by atoms with Crippen LogP contribution >= 0.6 is 0 Å². The number of hydrogen-bond donors (Lipinski definition) is 1. The highest BCUT2D eigenvalue weighted by molar-refractivity contribution is 5.81. The first kappa shape index (κ1) is 17.5. The molecule has 0 heterocycles. The predicted molar refractivity (Wildman–Crippen MR) is 101 cm³/mol. The molecule has 0 unspecified atom stereocenters. The molecule has 2 aromatic rings. The lowest BCUT2D eigenvalue weighted by molar-refractivity contribution is -0.128. The minimum Gasteiger partial charge on any atom is -0.376 e. The molecule has 0 spiro atoms. The van der Waals surface area contributed by atoms with Crippen LogP contribution in [-0.4, -0.2) is 30.4 Å². The van der Waals surface area contributed by atoms with Crippen LogP contribution < -0.4 is 5.32 Å². The van der Waals surface area contributed by atoms with E-state index in [0.717, 1.165) is 12.1 Å². The Morgan fingerprint density at radius 3 is 2.25 bits per heavy atom. The number of amides is 1. The number of nitrogens with zero attached hydrogens (tertiary/aromatic N) is 1. The van der Waals surface area contributed by atoms with Crippen molar-refractivity contribution in [2.75, 3.05) is 25.0 Å². The van der Waals surface area contributed by atoms with Crippen molar-refractivity contribution in [2.45, 2.75) is 6.42 Å². The molecule has 124 valence electrons. The normalized spacial score (nSPS) is 10.0. The Morgan fingerprint density at radius 2 is 1.58 bits per heavy atom. The molecule has 0 atom stereocenters. The van der Waals surface area contributed by atoms with Gasteiger partial charge in [-0.25, -0.2) is 0 Å². The lowest BCUT2D eigenvalue weighted by atomic mass is 10.0. The van der Waals surface area contributed by atoms with E-state index in [2.05, 4.69) is 36.7 Å². The number of hydrogen-bond acceptors (Lipinski definition) is 2. The number of para-hydroxylation sites is 1. The topological polar surface area (TPSA) is 32.3 Å². The zero-order valence-corrected chi connectivity index (χ0v) is 13.9. The van der Waals surface area contributed by atoms with E-state index in [0.29, 0.717) is 13.1 Å². The molecule has 3 nitrogen and oxygen atoms in total. The maximum Gasteiger partial charge on any atom is 0.242 e. The number of nitrogens with one attached hydrogen (secondary N) is 1. The third-order valence-electron chi connectivity index (χ3n) is 3.74. The molecule has 0 aliphatic heterocycles. The van der Waals surface area contributed by atoms with E-state index in [9.17, 15) is 4.79 Å². The third kappa shape index (κ3) is 5.13. The summed E-state index contributed by atoms with van der Waals surface area (Å²) in [5.74, 6) is 0.0318. The summed E-state index contributed by atoms with van der Waals surface area (Å²) in [4.78, 5) is 14.0. The van der Waals surface area contributed by atoms with Gasteiger partial charge in [0.25, 0.3) is 0 Å². The Kier molecular flexibility index (Phi) is 6.84. The molecular formula is C21H24N2O. The highest BCUT2D eigenvalue weighted by Gasteiger charge is 2.11. The van der Waals surface area contributed by atoms with Crippen molar-refractivity contribution in [3.05, 3.63) is 91.0 Å². The fourth-order valence-corrected chi connectivity index (χ4v) is 2.54. The van der Waals surface area contributed by atoms with E-state index < -0.39 is 0 Å². The maximum atomic E-state index is 12.3. The first-order chi connectivity index (χ1) is 11.7. The van der Waals surface area contributed by atoms with E-state index in [1.807, 2.05) is 36.4 Å². The van der Waals surface area contributed by atoms with Gasteiger partial charge in [0.1, 0.15) is 0 Å². The average Bonchev–Trinajstić information content (AvgIpc) is 2.61. The number of carbonyl (C=O) groups is 1. The first-order valence-corrected chi connectivity index (χ1v) is 8.10. The molecule has 0 aliphatic rings. The van der Waals surface area contributed by atoms with Crippen LogP contribution in [0, 0.1) is 0 Å². The van der Waals surface area contributed by atoms with Gasteiger partial charge in [0.15, 0.2) is 0 Å². The van der Waals surface area contributed by atoms with Gasteiger partial charge in [0, 0.05) is 18.8 Å². The summed E-state index contributed by atoms with van der Waals surface area (Å²) in [6.07, 6.45) is 4.29. The summed E-state index contributed by atoms with van der Waals surface area (Å²) >= 11 is 0. The van der Waals surface area contributed by atoms with Gasteiger partial charge in [-0.05, 0) is 23.6 Å². The van der Waals surface area contributed by atoms with E-state index in [4.69, 9.17) is 0 Å². The second kappa shape index (κ2) is 9.36. The van der Waals surface area contributed by atoms with Crippen LogP contribution in [0.1, 0.15) is 11.1 Å². The second-order valence-electron chi connectivity index (χ2n) is 5.55. The maximum absolute atomic E-state index is 12.3. The minimum absolute atomic E-state index is 0.0318. The number of anilines is 1. The van der Waals surface area contributed by atoms with Gasteiger partial charge in [-0.2, -0.15) is 0 Å². The molecule has 0 saturated carbocycles. The summed E-state index contributed by atoms with van der Waals surface area (Å²) < 4.78 is 0. The molecule has 0 radical (unpaired) electrons. The minimum atomic E-state index is 0.0318. The van der Waals surface area contributed by atoms with E-state index in [-0.39, 0.29) is 12.5 Å². The Labute approximate surface area is 144 Å². The van der Waals surface area contributed by atoms with Crippen molar-refractivity contribution in [3.8, 4) is 0 Å². The van der Waals surface area contributed by atoms with Gasteiger partial charge in [-0.1, -0.05) is 60.7 Å². The summed E-state index contributed by atoms with van der Waals surface area (Å²) in [5, 5.41) is 3.27. The van der Waals surface area contributed by atoms with Gasteiger partial charge >= 0.3 is 0 Å². The molecular weight excluding hydrogens is 296 g/mol. The van der Waals surface area contributed by atoms with Crippen LogP contribution in [0.15, 0.2) is 79.9 Å². The summed E-state index contributed by atoms with van der Waals surface area (Å²) in [5.41, 5.74) is 3.42. The van der Waals surface area contributed by atoms with Gasteiger partial charge in [0.2, 0.25) is 5.91 Å². The van der Waals surface area contributed by atoms with Crippen LogP contribution in [0.25, 0.3) is 0 Å². The second-order valence-corrected chi connectivity index (χ2v) is 5.55. The highest BCUT2D eigenvalue weighted by Crippen LogP contribution is 2.19. The average molecular weight is 320 g/mol. The summed E-state index contributed by atoms with van der Waals surface area (Å²) in [6, 6.07) is 18.4. The van der Waals surface area contributed by atoms with Gasteiger partial charge in [-0.15, -0.1) is 13.2 Å². The zero-order chi connectivity index (χ0) is 17.2. The molecule has 2 rings (SSSR count). The summed E-state index contributed by atoms with van der Waals surface area (Å²) in [6.45, 7) is 8.70. The molecule has 0 aliphatic carbocycles. The number of benzene rings is 2. The molecule has 3 heteroatoms. The largest absolute Gasteiger partial charge is 0.376 e. The Morgan fingerprint density at radius 1 is 0.958 bits per heavy atom. The van der Waals surface area contributed by atoms with Crippen molar-refractivity contribution in [3.63, 3.8) is 0 Å².